The molecule has 3 aromatic heterocycles. The Hall–Kier alpha value is -3.48. The van der Waals surface area contributed by atoms with Crippen LogP contribution in [0, 0.1) is 5.95 Å². The second-order valence-corrected chi connectivity index (χ2v) is 9.40. The molecule has 0 fully saturated rings. The van der Waals surface area contributed by atoms with Crippen molar-refractivity contribution in [3.63, 3.8) is 0 Å². The number of hydrogen-bond acceptors (Lipinski definition) is 5. The second-order valence-electron chi connectivity index (χ2n) is 9.40. The number of aryl methyl sites for hydroxylation is 1. The zero-order valence-electron chi connectivity index (χ0n) is 21.8. The second kappa shape index (κ2) is 14.2. The highest BCUT2D eigenvalue weighted by molar-refractivity contribution is 5.59. The Labute approximate surface area is 214 Å². The van der Waals surface area contributed by atoms with E-state index in [-0.39, 0.29) is 5.95 Å². The molecule has 0 aliphatic carbocycles. The molecule has 0 unspecified atom stereocenters. The fraction of sp³-hybridized carbons (Fsp3) is 0.414. The maximum atomic E-state index is 12.5. The Morgan fingerprint density at radius 1 is 0.944 bits per heavy atom. The van der Waals surface area contributed by atoms with Gasteiger partial charge in [-0.25, -0.2) is 9.97 Å². The van der Waals surface area contributed by atoms with E-state index in [4.69, 9.17) is 5.73 Å². The summed E-state index contributed by atoms with van der Waals surface area (Å²) < 4.78 is 14.3. The number of aromatic nitrogens is 4. The smallest absolute Gasteiger partial charge is 0.212 e. The topological polar surface area (TPSA) is 81.1 Å². The Bertz CT molecular complexity index is 1170. The van der Waals surface area contributed by atoms with Crippen LogP contribution < -0.4 is 11.1 Å². The van der Waals surface area contributed by atoms with Crippen molar-refractivity contribution < 1.29 is 4.39 Å². The first-order chi connectivity index (χ1) is 17.5. The zero-order valence-corrected chi connectivity index (χ0v) is 21.8. The van der Waals surface area contributed by atoms with E-state index in [1.807, 2.05) is 41.0 Å². The van der Waals surface area contributed by atoms with Gasteiger partial charge in [-0.2, -0.15) is 14.0 Å². The highest BCUT2D eigenvalue weighted by Gasteiger charge is 2.12. The van der Waals surface area contributed by atoms with Gasteiger partial charge in [0.2, 0.25) is 5.95 Å². The van der Waals surface area contributed by atoms with E-state index in [1.54, 1.807) is 6.20 Å². The molecule has 4 rings (SSSR count). The maximum Gasteiger partial charge on any atom is 0.212 e. The molecule has 0 bridgehead atoms. The summed E-state index contributed by atoms with van der Waals surface area (Å²) in [5, 5.41) is 7.81. The molecule has 0 amide bonds. The molecule has 4 aromatic rings. The van der Waals surface area contributed by atoms with Crippen molar-refractivity contribution in [1.29, 1.82) is 0 Å². The predicted octanol–water partition coefficient (Wildman–Crippen LogP) is 7.17. The lowest BCUT2D eigenvalue weighted by atomic mass is 10.1. The van der Waals surface area contributed by atoms with Gasteiger partial charge in [0.05, 0.1) is 6.20 Å². The minimum absolute atomic E-state index is 0.360. The molecular weight excluding hydrogens is 451 g/mol. The summed E-state index contributed by atoms with van der Waals surface area (Å²) in [7, 11) is 0. The van der Waals surface area contributed by atoms with Gasteiger partial charge in [-0.05, 0) is 36.0 Å². The number of pyridine rings is 1. The van der Waals surface area contributed by atoms with Gasteiger partial charge in [0.1, 0.15) is 11.6 Å². The number of nitrogens with two attached hydrogens (primary N) is 1. The normalized spacial score (nSPS) is 10.9. The number of benzene rings is 1. The molecule has 0 radical (unpaired) electrons. The van der Waals surface area contributed by atoms with Crippen molar-refractivity contribution in [2.75, 3.05) is 11.1 Å². The van der Waals surface area contributed by atoms with Crippen LogP contribution >= 0.6 is 0 Å². The number of hydrogen-bond donors (Lipinski definition) is 2. The third-order valence-corrected chi connectivity index (χ3v) is 6.07. The Morgan fingerprint density at radius 3 is 2.39 bits per heavy atom. The molecule has 3 heterocycles. The number of unbranched alkanes of at least 4 members (excludes halogenated alkanes) is 5. The summed E-state index contributed by atoms with van der Waals surface area (Å²) in [5.41, 5.74) is 10.2. The van der Waals surface area contributed by atoms with E-state index in [9.17, 15) is 4.39 Å². The number of halogens is 1. The number of fused-ring (bicyclic) bond motifs is 1. The van der Waals surface area contributed by atoms with E-state index in [2.05, 4.69) is 53.3 Å². The van der Waals surface area contributed by atoms with Crippen molar-refractivity contribution >= 4 is 17.3 Å². The summed E-state index contributed by atoms with van der Waals surface area (Å²) in [6, 6.07) is 15.3. The fourth-order valence-corrected chi connectivity index (χ4v) is 3.98. The summed E-state index contributed by atoms with van der Waals surface area (Å²) in [4.78, 5) is 8.05. The van der Waals surface area contributed by atoms with Gasteiger partial charge < -0.3 is 11.1 Å². The van der Waals surface area contributed by atoms with Gasteiger partial charge >= 0.3 is 0 Å². The monoisotopic (exact) mass is 490 g/mol. The molecule has 0 atom stereocenters. The van der Waals surface area contributed by atoms with Gasteiger partial charge in [0, 0.05) is 24.4 Å². The number of nitrogens with one attached hydrogen (secondary N) is 1. The first kappa shape index (κ1) is 27.1. The molecule has 0 spiro atoms. The zero-order chi connectivity index (χ0) is 25.8. The minimum atomic E-state index is -0.387. The summed E-state index contributed by atoms with van der Waals surface area (Å²) in [6.45, 7) is 7.19. The fourth-order valence-electron chi connectivity index (χ4n) is 3.98. The van der Waals surface area contributed by atoms with Crippen LogP contribution in [0.2, 0.25) is 0 Å². The first-order valence-electron chi connectivity index (χ1n) is 13.0. The van der Waals surface area contributed by atoms with Crippen LogP contribution in [0.1, 0.15) is 81.9 Å². The van der Waals surface area contributed by atoms with Gasteiger partial charge in [0.25, 0.3) is 0 Å². The molecule has 6 nitrogen and oxygen atoms in total. The maximum absolute atomic E-state index is 12.5. The van der Waals surface area contributed by atoms with Crippen LogP contribution in [0.5, 0.6) is 0 Å². The van der Waals surface area contributed by atoms with Gasteiger partial charge in [-0.3, -0.25) is 0 Å². The molecule has 1 aromatic carbocycles. The van der Waals surface area contributed by atoms with Crippen molar-refractivity contribution in [2.24, 2.45) is 0 Å². The first-order valence-corrected chi connectivity index (χ1v) is 13.0. The van der Waals surface area contributed by atoms with Crippen molar-refractivity contribution in [2.45, 2.75) is 78.2 Å². The van der Waals surface area contributed by atoms with Gasteiger partial charge in [0.15, 0.2) is 5.65 Å². The average Bonchev–Trinajstić information content (AvgIpc) is 3.31. The van der Waals surface area contributed by atoms with Crippen LogP contribution in [-0.4, -0.2) is 19.6 Å². The molecule has 0 saturated carbocycles. The van der Waals surface area contributed by atoms with Crippen molar-refractivity contribution in [1.82, 2.24) is 19.6 Å². The van der Waals surface area contributed by atoms with E-state index < -0.39 is 0 Å². The Kier molecular flexibility index (Phi) is 10.7. The third kappa shape index (κ3) is 8.33. The SMILES string of the molecule is CC(C)c1cnn2c(NCc3ccccc3)cc(N)nc12.CCCCCCCCc1ccc(F)nc1. The molecule has 36 heavy (non-hydrogen) atoms. The number of nitrogen functional groups attached to an aromatic ring is 1. The lowest BCUT2D eigenvalue weighted by Crippen LogP contribution is -2.07. The van der Waals surface area contributed by atoms with Crippen LogP contribution in [0.3, 0.4) is 0 Å². The molecule has 192 valence electrons. The van der Waals surface area contributed by atoms with Crippen LogP contribution in [0.4, 0.5) is 16.0 Å². The highest BCUT2D eigenvalue weighted by atomic mass is 19.1. The van der Waals surface area contributed by atoms with E-state index >= 15 is 0 Å². The number of anilines is 2. The summed E-state index contributed by atoms with van der Waals surface area (Å²) >= 11 is 0. The van der Waals surface area contributed by atoms with E-state index in [0.29, 0.717) is 11.7 Å². The standard InChI is InChI=1S/C16H19N5.C13H20FN/c1-11(2)13-10-19-21-15(8-14(17)20-16(13)21)18-9-12-6-4-3-5-7-12;1-2-3-4-5-6-7-8-12-9-10-13(14)15-11-12/h3-8,10-11,18H,9H2,1-2H3,(H2,17,20);9-11H,2-8H2,1H3. The van der Waals surface area contributed by atoms with Crippen molar-refractivity contribution in [3.8, 4) is 0 Å². The van der Waals surface area contributed by atoms with Crippen molar-refractivity contribution in [3.05, 3.63) is 83.6 Å². The molecule has 0 aliphatic heterocycles. The lowest BCUT2D eigenvalue weighted by Gasteiger charge is -2.10. The lowest BCUT2D eigenvalue weighted by molar-refractivity contribution is 0.579. The van der Waals surface area contributed by atoms with E-state index in [0.717, 1.165) is 35.6 Å². The highest BCUT2D eigenvalue weighted by Crippen LogP contribution is 2.23. The van der Waals surface area contributed by atoms with Crippen LogP contribution in [-0.2, 0) is 13.0 Å². The largest absolute Gasteiger partial charge is 0.384 e. The molecule has 0 saturated heterocycles. The Balaban J connectivity index is 0.000000214. The number of rotatable bonds is 11. The van der Waals surface area contributed by atoms with Gasteiger partial charge in [-0.1, -0.05) is 89.3 Å². The molecule has 3 N–H and O–H groups in total. The average molecular weight is 491 g/mol. The van der Waals surface area contributed by atoms with Crippen LogP contribution in [0.15, 0.2) is 60.9 Å². The molecular formula is C29H39FN6. The minimum Gasteiger partial charge on any atom is -0.384 e. The summed E-state index contributed by atoms with van der Waals surface area (Å²) in [5.74, 6) is 1.33. The van der Waals surface area contributed by atoms with Crippen LogP contribution in [0.25, 0.3) is 5.65 Å². The summed E-state index contributed by atoms with van der Waals surface area (Å²) in [6.07, 6.45) is 12.3. The predicted molar refractivity (Wildman–Crippen MR) is 147 cm³/mol. The quantitative estimate of drug-likeness (QED) is 0.172. The third-order valence-electron chi connectivity index (χ3n) is 6.07. The van der Waals surface area contributed by atoms with E-state index in [1.165, 1.54) is 50.2 Å². The van der Waals surface area contributed by atoms with Gasteiger partial charge in [-0.15, -0.1) is 0 Å². The Morgan fingerprint density at radius 2 is 1.69 bits per heavy atom. The molecule has 0 aliphatic rings. The number of nitrogens with zero attached hydrogens (tertiary/aromatic N) is 4. The molecule has 7 heteroatoms.